The monoisotopic (exact) mass is 251 g/mol. The van der Waals surface area contributed by atoms with Crippen molar-refractivity contribution < 1.29 is 27.6 Å². The van der Waals surface area contributed by atoms with Gasteiger partial charge in [0, 0.05) is 12.0 Å². The molecule has 0 aliphatic rings. The molecule has 4 nitrogen and oxygen atoms in total. The van der Waals surface area contributed by atoms with Crippen molar-refractivity contribution in [3.8, 4) is 0 Å². The lowest BCUT2D eigenvalue weighted by Gasteiger charge is -2.04. The fourth-order valence-corrected chi connectivity index (χ4v) is 1.53. The van der Waals surface area contributed by atoms with E-state index in [2.05, 4.69) is 9.68 Å². The van der Waals surface area contributed by atoms with E-state index in [4.69, 9.17) is 5.11 Å². The minimum Gasteiger partial charge on any atom is -0.475 e. The minimum absolute atomic E-state index is 0.0689. The second-order valence-electron chi connectivity index (χ2n) is 3.56. The predicted octanol–water partition coefficient (Wildman–Crippen LogP) is 2.82. The van der Waals surface area contributed by atoms with Crippen LogP contribution in [0.5, 0.6) is 0 Å². The number of rotatable bonds is 5. The summed E-state index contributed by atoms with van der Waals surface area (Å²) in [6.45, 7) is 1.70. The van der Waals surface area contributed by atoms with Gasteiger partial charge in [-0.1, -0.05) is 12.1 Å². The van der Waals surface area contributed by atoms with Gasteiger partial charge in [-0.25, -0.2) is 4.79 Å². The summed E-state index contributed by atoms with van der Waals surface area (Å²) in [5, 5.41) is 12.3. The van der Waals surface area contributed by atoms with Gasteiger partial charge in [-0.3, -0.25) is 0 Å². The molecule has 1 rings (SSSR count). The number of hydrogen-bond donors (Lipinski definition) is 1. The molecule has 0 fully saturated rings. The van der Waals surface area contributed by atoms with Crippen LogP contribution in [0.4, 0.5) is 13.2 Å². The van der Waals surface area contributed by atoms with Gasteiger partial charge in [0.05, 0.1) is 5.69 Å². The number of carboxylic acid groups (broad SMARTS) is 1. The Morgan fingerprint density at radius 3 is 2.59 bits per heavy atom. The van der Waals surface area contributed by atoms with Crippen LogP contribution in [0.25, 0.3) is 0 Å². The standard InChI is InChI=1S/C10H12F3NO3/c1-2-6-7(4-3-5-10(11,12)13)14-17-8(6)9(15)16/h2-5H2,1H3,(H,15,16). The molecule has 0 atom stereocenters. The molecule has 1 aromatic rings. The molecule has 1 N–H and O–H groups in total. The molecule has 0 aliphatic carbocycles. The zero-order valence-electron chi connectivity index (χ0n) is 9.17. The summed E-state index contributed by atoms with van der Waals surface area (Å²) in [5.41, 5.74) is 0.675. The van der Waals surface area contributed by atoms with Crippen LogP contribution in [0, 0.1) is 0 Å². The first-order valence-corrected chi connectivity index (χ1v) is 5.12. The van der Waals surface area contributed by atoms with E-state index in [1.165, 1.54) is 0 Å². The number of alkyl halides is 3. The average molecular weight is 251 g/mol. The van der Waals surface area contributed by atoms with Crippen molar-refractivity contribution in [1.82, 2.24) is 5.16 Å². The highest BCUT2D eigenvalue weighted by Crippen LogP contribution is 2.24. The quantitative estimate of drug-likeness (QED) is 0.873. The normalized spacial score (nSPS) is 11.8. The maximum absolute atomic E-state index is 11.9. The fourth-order valence-electron chi connectivity index (χ4n) is 1.53. The van der Waals surface area contributed by atoms with Crippen molar-refractivity contribution >= 4 is 5.97 Å². The van der Waals surface area contributed by atoms with Gasteiger partial charge in [0.15, 0.2) is 0 Å². The first-order valence-electron chi connectivity index (χ1n) is 5.12. The summed E-state index contributed by atoms with van der Waals surface area (Å²) in [5.74, 6) is -1.54. The van der Waals surface area contributed by atoms with Crippen molar-refractivity contribution in [2.24, 2.45) is 0 Å². The molecule has 0 bridgehead atoms. The average Bonchev–Trinajstić information content (AvgIpc) is 2.58. The van der Waals surface area contributed by atoms with Gasteiger partial charge < -0.3 is 9.63 Å². The topological polar surface area (TPSA) is 63.3 Å². The number of halogens is 3. The van der Waals surface area contributed by atoms with Crippen LogP contribution in [-0.4, -0.2) is 22.4 Å². The van der Waals surface area contributed by atoms with Crippen LogP contribution in [-0.2, 0) is 12.8 Å². The maximum Gasteiger partial charge on any atom is 0.389 e. The summed E-state index contributed by atoms with van der Waals surface area (Å²) < 4.78 is 40.4. The molecule has 0 radical (unpaired) electrons. The second kappa shape index (κ2) is 5.20. The smallest absolute Gasteiger partial charge is 0.389 e. The third kappa shape index (κ3) is 3.76. The molecule has 0 aromatic carbocycles. The Balaban J connectivity index is 2.69. The number of nitrogens with zero attached hydrogens (tertiary/aromatic N) is 1. The number of aromatic carboxylic acids is 1. The summed E-state index contributed by atoms with van der Waals surface area (Å²) in [7, 11) is 0. The number of aryl methyl sites for hydroxylation is 1. The van der Waals surface area contributed by atoms with Crippen LogP contribution in [0.2, 0.25) is 0 Å². The molecular weight excluding hydrogens is 239 g/mol. The Hall–Kier alpha value is -1.53. The summed E-state index contributed by atoms with van der Waals surface area (Å²) in [6, 6.07) is 0. The molecule has 1 aromatic heterocycles. The SMILES string of the molecule is CCc1c(CCCC(F)(F)F)noc1C(=O)O. The summed E-state index contributed by atoms with van der Waals surface area (Å²) in [4.78, 5) is 10.7. The van der Waals surface area contributed by atoms with E-state index in [0.29, 0.717) is 17.7 Å². The van der Waals surface area contributed by atoms with Crippen LogP contribution < -0.4 is 0 Å². The Morgan fingerprint density at radius 2 is 2.12 bits per heavy atom. The van der Waals surface area contributed by atoms with Crippen LogP contribution in [0.3, 0.4) is 0 Å². The van der Waals surface area contributed by atoms with Gasteiger partial charge in [-0.2, -0.15) is 13.2 Å². The Labute approximate surface area is 95.4 Å². The zero-order valence-corrected chi connectivity index (χ0v) is 9.17. The van der Waals surface area contributed by atoms with E-state index < -0.39 is 18.6 Å². The zero-order chi connectivity index (χ0) is 13.1. The molecule has 0 unspecified atom stereocenters. The second-order valence-corrected chi connectivity index (χ2v) is 3.56. The van der Waals surface area contributed by atoms with Crippen LogP contribution in [0.15, 0.2) is 4.52 Å². The van der Waals surface area contributed by atoms with Crippen molar-refractivity contribution in [3.63, 3.8) is 0 Å². The molecule has 0 amide bonds. The van der Waals surface area contributed by atoms with Crippen LogP contribution in [0.1, 0.15) is 41.6 Å². The number of hydrogen-bond acceptors (Lipinski definition) is 3. The number of carboxylic acids is 1. The molecule has 0 saturated carbocycles. The summed E-state index contributed by atoms with van der Waals surface area (Å²) in [6.07, 6.45) is -4.80. The van der Waals surface area contributed by atoms with Crippen molar-refractivity contribution in [2.75, 3.05) is 0 Å². The lowest BCUT2D eigenvalue weighted by molar-refractivity contribution is -0.135. The van der Waals surface area contributed by atoms with Gasteiger partial charge in [0.2, 0.25) is 5.76 Å². The van der Waals surface area contributed by atoms with Gasteiger partial charge in [0.1, 0.15) is 0 Å². The molecule has 96 valence electrons. The highest BCUT2D eigenvalue weighted by Gasteiger charge is 2.27. The minimum atomic E-state index is -4.20. The third-order valence-corrected chi connectivity index (χ3v) is 2.29. The van der Waals surface area contributed by atoms with Gasteiger partial charge in [0.25, 0.3) is 0 Å². The van der Waals surface area contributed by atoms with Crippen molar-refractivity contribution in [1.29, 1.82) is 0 Å². The Kier molecular flexibility index (Phi) is 4.14. The maximum atomic E-state index is 11.9. The molecule has 1 heterocycles. The van der Waals surface area contributed by atoms with Gasteiger partial charge in [-0.05, 0) is 19.3 Å². The number of aromatic nitrogens is 1. The van der Waals surface area contributed by atoms with E-state index >= 15 is 0 Å². The first-order chi connectivity index (χ1) is 7.85. The van der Waals surface area contributed by atoms with E-state index in [1.54, 1.807) is 6.92 Å². The molecule has 7 heteroatoms. The van der Waals surface area contributed by atoms with E-state index in [1.807, 2.05) is 0 Å². The molecule has 17 heavy (non-hydrogen) atoms. The molecular formula is C10H12F3NO3. The van der Waals surface area contributed by atoms with Crippen molar-refractivity contribution in [2.45, 2.75) is 38.8 Å². The lowest BCUT2D eigenvalue weighted by Crippen LogP contribution is -2.08. The van der Waals surface area contributed by atoms with Gasteiger partial charge >= 0.3 is 12.1 Å². The predicted molar refractivity (Wildman–Crippen MR) is 51.8 cm³/mol. The largest absolute Gasteiger partial charge is 0.475 e. The van der Waals surface area contributed by atoms with Crippen LogP contribution >= 0.6 is 0 Å². The molecule has 0 saturated heterocycles. The number of carbonyl (C=O) groups is 1. The summed E-state index contributed by atoms with van der Waals surface area (Å²) >= 11 is 0. The molecule has 0 spiro atoms. The van der Waals surface area contributed by atoms with E-state index in [0.717, 1.165) is 0 Å². The molecule has 0 aliphatic heterocycles. The van der Waals surface area contributed by atoms with E-state index in [9.17, 15) is 18.0 Å². The highest BCUT2D eigenvalue weighted by atomic mass is 19.4. The first kappa shape index (κ1) is 13.5. The van der Waals surface area contributed by atoms with Gasteiger partial charge in [-0.15, -0.1) is 0 Å². The fraction of sp³-hybridized carbons (Fsp3) is 0.600. The Bertz CT molecular complexity index is 398. The Morgan fingerprint density at radius 1 is 1.47 bits per heavy atom. The third-order valence-electron chi connectivity index (χ3n) is 2.29. The lowest BCUT2D eigenvalue weighted by atomic mass is 10.1. The highest BCUT2D eigenvalue weighted by molar-refractivity contribution is 5.86. The van der Waals surface area contributed by atoms with E-state index in [-0.39, 0.29) is 18.6 Å². The van der Waals surface area contributed by atoms with Crippen molar-refractivity contribution in [3.05, 3.63) is 17.0 Å².